The molecule has 0 radical (unpaired) electrons. The second-order valence-corrected chi connectivity index (χ2v) is 7.56. The van der Waals surface area contributed by atoms with Crippen LogP contribution in [0.3, 0.4) is 0 Å². The van der Waals surface area contributed by atoms with E-state index in [4.69, 9.17) is 35.4 Å². The molecule has 1 heterocycles. The zero-order valence-electron chi connectivity index (χ0n) is 12.8. The molecule has 0 saturated carbocycles. The number of carbonyl (C=O) groups excluding carboxylic acids is 2. The number of nitrogens with zero attached hydrogens (tertiary/aromatic N) is 1. The van der Waals surface area contributed by atoms with Crippen molar-refractivity contribution in [1.29, 1.82) is 0 Å². The zero-order chi connectivity index (χ0) is 18.8. The van der Waals surface area contributed by atoms with Gasteiger partial charge in [0.1, 0.15) is 5.82 Å². The molecule has 0 unspecified atom stereocenters. The number of nitrogens with one attached hydrogen (secondary N) is 1. The summed E-state index contributed by atoms with van der Waals surface area (Å²) in [4.78, 5) is 25.0. The number of thiocarbonyl (C=S) groups is 1. The van der Waals surface area contributed by atoms with Crippen LogP contribution in [0.4, 0.5) is 4.39 Å². The Kier molecular flexibility index (Phi) is 5.62. The maximum atomic E-state index is 13.9. The van der Waals surface area contributed by atoms with Crippen molar-refractivity contribution in [3.63, 3.8) is 0 Å². The summed E-state index contributed by atoms with van der Waals surface area (Å²) >= 11 is 18.0. The Morgan fingerprint density at radius 1 is 1.15 bits per heavy atom. The van der Waals surface area contributed by atoms with Gasteiger partial charge < -0.3 is 0 Å². The molecule has 132 valence electrons. The first-order valence-corrected chi connectivity index (χ1v) is 9.14. The largest absolute Gasteiger partial charge is 0.285 e. The molecule has 0 spiro atoms. The number of thioether (sulfide) groups is 1. The second-order valence-electron chi connectivity index (χ2n) is 5.07. The summed E-state index contributed by atoms with van der Waals surface area (Å²) in [6.07, 6.45) is 1.30. The molecule has 3 rings (SSSR count). The molecule has 0 atom stereocenters. The van der Waals surface area contributed by atoms with Crippen LogP contribution in [0.2, 0.25) is 10.0 Å². The lowest BCUT2D eigenvalue weighted by atomic mass is 10.2. The third kappa shape index (κ3) is 3.76. The highest BCUT2D eigenvalue weighted by Crippen LogP contribution is 2.33. The summed E-state index contributed by atoms with van der Waals surface area (Å²) < 4.78 is 14.0. The van der Waals surface area contributed by atoms with Crippen LogP contribution >= 0.6 is 47.2 Å². The fourth-order valence-electron chi connectivity index (χ4n) is 2.15. The molecule has 1 N–H and O–H groups in total. The van der Waals surface area contributed by atoms with Gasteiger partial charge in [0.15, 0.2) is 4.32 Å². The van der Waals surface area contributed by atoms with Crippen molar-refractivity contribution in [3.05, 3.63) is 74.4 Å². The molecule has 0 aliphatic carbocycles. The lowest BCUT2D eigenvalue weighted by Gasteiger charge is -2.16. The SMILES string of the molecule is O=C(NN1C(=O)/C(=C/c2c(F)cccc2Cl)SC1=S)c1ccccc1Cl. The lowest BCUT2D eigenvalue weighted by Crippen LogP contribution is -2.44. The second kappa shape index (κ2) is 7.75. The Morgan fingerprint density at radius 2 is 1.85 bits per heavy atom. The van der Waals surface area contributed by atoms with Crippen molar-refractivity contribution in [1.82, 2.24) is 10.4 Å². The molecular formula is C17H9Cl2FN2O2S2. The van der Waals surface area contributed by atoms with E-state index in [0.29, 0.717) is 0 Å². The topological polar surface area (TPSA) is 49.4 Å². The van der Waals surface area contributed by atoms with Gasteiger partial charge in [-0.25, -0.2) is 4.39 Å². The van der Waals surface area contributed by atoms with Crippen LogP contribution in [0.5, 0.6) is 0 Å². The quantitative estimate of drug-likeness (QED) is 0.571. The molecule has 4 nitrogen and oxygen atoms in total. The molecule has 26 heavy (non-hydrogen) atoms. The maximum Gasteiger partial charge on any atom is 0.285 e. The molecule has 0 aromatic heterocycles. The smallest absolute Gasteiger partial charge is 0.267 e. The van der Waals surface area contributed by atoms with E-state index < -0.39 is 17.6 Å². The molecule has 1 aliphatic rings. The van der Waals surface area contributed by atoms with Crippen LogP contribution in [0.25, 0.3) is 6.08 Å². The molecule has 1 aliphatic heterocycles. The van der Waals surface area contributed by atoms with Gasteiger partial charge in [0.2, 0.25) is 0 Å². The highest BCUT2D eigenvalue weighted by Gasteiger charge is 2.34. The maximum absolute atomic E-state index is 13.9. The van der Waals surface area contributed by atoms with E-state index in [1.807, 2.05) is 0 Å². The number of benzene rings is 2. The van der Waals surface area contributed by atoms with E-state index in [9.17, 15) is 14.0 Å². The van der Waals surface area contributed by atoms with Crippen molar-refractivity contribution in [2.24, 2.45) is 0 Å². The van der Waals surface area contributed by atoms with Gasteiger partial charge in [0, 0.05) is 5.56 Å². The Labute approximate surface area is 167 Å². The Morgan fingerprint density at radius 3 is 2.54 bits per heavy atom. The molecule has 1 saturated heterocycles. The summed E-state index contributed by atoms with van der Waals surface area (Å²) in [6, 6.07) is 10.6. The van der Waals surface area contributed by atoms with Gasteiger partial charge in [-0.1, -0.05) is 53.2 Å². The van der Waals surface area contributed by atoms with Gasteiger partial charge in [-0.15, -0.1) is 0 Å². The fraction of sp³-hybridized carbons (Fsp3) is 0. The number of amides is 2. The number of carbonyl (C=O) groups is 2. The number of hydrogen-bond donors (Lipinski definition) is 1. The van der Waals surface area contributed by atoms with Crippen molar-refractivity contribution in [3.8, 4) is 0 Å². The first-order valence-electron chi connectivity index (χ1n) is 7.16. The Hall–Kier alpha value is -1.93. The predicted octanol–water partition coefficient (Wildman–Crippen LogP) is 4.68. The van der Waals surface area contributed by atoms with Gasteiger partial charge >= 0.3 is 0 Å². The van der Waals surface area contributed by atoms with E-state index in [2.05, 4.69) is 5.43 Å². The van der Waals surface area contributed by atoms with Crippen molar-refractivity contribution in [2.75, 3.05) is 0 Å². The summed E-state index contributed by atoms with van der Waals surface area (Å²) in [6.45, 7) is 0. The molecule has 2 aromatic carbocycles. The number of rotatable bonds is 3. The highest BCUT2D eigenvalue weighted by molar-refractivity contribution is 8.26. The molecule has 0 bridgehead atoms. The zero-order valence-corrected chi connectivity index (χ0v) is 16.0. The molecular weight excluding hydrogens is 418 g/mol. The van der Waals surface area contributed by atoms with Gasteiger partial charge in [0.25, 0.3) is 11.8 Å². The Balaban J connectivity index is 1.85. The minimum Gasteiger partial charge on any atom is -0.267 e. The molecule has 1 fully saturated rings. The summed E-state index contributed by atoms with van der Waals surface area (Å²) in [5.41, 5.74) is 2.69. The van der Waals surface area contributed by atoms with Gasteiger partial charge in [0.05, 0.1) is 20.5 Å². The highest BCUT2D eigenvalue weighted by atomic mass is 35.5. The van der Waals surface area contributed by atoms with Crippen molar-refractivity contribution >= 4 is 69.4 Å². The minimum atomic E-state index is -0.586. The van der Waals surface area contributed by atoms with Crippen LogP contribution in [0.15, 0.2) is 47.4 Å². The average Bonchev–Trinajstić information content (AvgIpc) is 2.86. The van der Waals surface area contributed by atoms with Crippen LogP contribution in [0.1, 0.15) is 15.9 Å². The molecule has 2 amide bonds. The van der Waals surface area contributed by atoms with Crippen LogP contribution < -0.4 is 5.43 Å². The van der Waals surface area contributed by atoms with Crippen molar-refractivity contribution < 1.29 is 14.0 Å². The van der Waals surface area contributed by atoms with Gasteiger partial charge in [-0.3, -0.25) is 15.0 Å². The number of hydrazine groups is 1. The van der Waals surface area contributed by atoms with E-state index in [-0.39, 0.29) is 30.4 Å². The average molecular weight is 427 g/mol. The third-order valence-corrected chi connectivity index (χ3v) is 5.36. The van der Waals surface area contributed by atoms with Crippen LogP contribution in [0, 0.1) is 5.82 Å². The first-order chi connectivity index (χ1) is 12.4. The molecule has 9 heteroatoms. The summed E-state index contributed by atoms with van der Waals surface area (Å²) in [7, 11) is 0. The minimum absolute atomic E-state index is 0.0760. The van der Waals surface area contributed by atoms with Crippen LogP contribution in [-0.2, 0) is 4.79 Å². The normalized spacial score (nSPS) is 15.7. The fourth-order valence-corrected chi connectivity index (χ4v) is 3.75. The predicted molar refractivity (Wildman–Crippen MR) is 105 cm³/mol. The third-order valence-electron chi connectivity index (χ3n) is 3.40. The van der Waals surface area contributed by atoms with E-state index in [1.165, 1.54) is 30.3 Å². The first kappa shape index (κ1) is 18.8. The van der Waals surface area contributed by atoms with E-state index >= 15 is 0 Å². The standard InChI is InChI=1S/C17H9Cl2FN2O2S2/c18-11-5-2-1-4-9(11)15(23)21-22-16(24)14(26-17(22)25)8-10-12(19)6-3-7-13(10)20/h1-8H,(H,21,23)/b14-8-. The monoisotopic (exact) mass is 426 g/mol. The number of halogens is 3. The van der Waals surface area contributed by atoms with Gasteiger partial charge in [-0.05, 0) is 42.6 Å². The summed E-state index contributed by atoms with van der Waals surface area (Å²) in [5, 5.41) is 1.33. The summed E-state index contributed by atoms with van der Waals surface area (Å²) in [5.74, 6) is -1.74. The Bertz CT molecular complexity index is 945. The van der Waals surface area contributed by atoms with Gasteiger partial charge in [-0.2, -0.15) is 5.01 Å². The van der Waals surface area contributed by atoms with E-state index in [0.717, 1.165) is 16.8 Å². The molecule has 2 aromatic rings. The lowest BCUT2D eigenvalue weighted by molar-refractivity contribution is -0.123. The van der Waals surface area contributed by atoms with Crippen LogP contribution in [-0.4, -0.2) is 21.1 Å². The number of hydrogen-bond acceptors (Lipinski definition) is 4. The van der Waals surface area contributed by atoms with Crippen molar-refractivity contribution in [2.45, 2.75) is 0 Å². The van der Waals surface area contributed by atoms with E-state index in [1.54, 1.807) is 18.2 Å².